The van der Waals surface area contributed by atoms with Gasteiger partial charge in [-0.15, -0.1) is 21.5 Å². The number of hydrogen-bond acceptors (Lipinski definition) is 6. The van der Waals surface area contributed by atoms with Gasteiger partial charge in [-0.05, 0) is 17.7 Å². The molecule has 3 heterocycles. The Kier molecular flexibility index (Phi) is 5.13. The Balaban J connectivity index is 1.41. The minimum Gasteiger partial charge on any atom is -0.309 e. The third-order valence-electron chi connectivity index (χ3n) is 4.87. The molecule has 1 N–H and O–H groups in total. The van der Waals surface area contributed by atoms with Crippen molar-refractivity contribution in [2.75, 3.05) is 0 Å². The Labute approximate surface area is 184 Å². The van der Waals surface area contributed by atoms with E-state index in [-0.39, 0.29) is 11.4 Å². The summed E-state index contributed by atoms with van der Waals surface area (Å²) in [6, 6.07) is 16.3. The lowest BCUT2D eigenvalue weighted by Crippen LogP contribution is -2.11. The lowest BCUT2D eigenvalue weighted by molar-refractivity contribution is 0.628. The fourth-order valence-corrected chi connectivity index (χ4v) is 5.09. The third kappa shape index (κ3) is 3.66. The van der Waals surface area contributed by atoms with Crippen LogP contribution in [-0.4, -0.2) is 24.7 Å². The van der Waals surface area contributed by atoms with E-state index in [2.05, 4.69) is 20.2 Å². The van der Waals surface area contributed by atoms with Gasteiger partial charge in [-0.25, -0.2) is 9.37 Å². The number of nitrogens with one attached hydrogen (secondary N) is 1. The number of benzene rings is 2. The summed E-state index contributed by atoms with van der Waals surface area (Å²) in [4.78, 5) is 21.0. The lowest BCUT2D eigenvalue weighted by atomic mass is 10.1. The Morgan fingerprint density at radius 1 is 1.06 bits per heavy atom. The number of fused-ring (bicyclic) bond motifs is 1. The summed E-state index contributed by atoms with van der Waals surface area (Å²) in [6.45, 7) is 0. The van der Waals surface area contributed by atoms with Crippen LogP contribution in [0.1, 0.15) is 5.82 Å². The zero-order chi connectivity index (χ0) is 21.4. The van der Waals surface area contributed by atoms with Crippen molar-refractivity contribution in [3.05, 3.63) is 82.0 Å². The van der Waals surface area contributed by atoms with E-state index in [4.69, 9.17) is 0 Å². The number of thiophene rings is 1. The van der Waals surface area contributed by atoms with E-state index in [0.717, 1.165) is 11.1 Å². The largest absolute Gasteiger partial charge is 0.309 e. The van der Waals surface area contributed by atoms with Crippen LogP contribution in [0.3, 0.4) is 0 Å². The van der Waals surface area contributed by atoms with Crippen molar-refractivity contribution in [3.63, 3.8) is 0 Å². The average molecular weight is 450 g/mol. The predicted octanol–water partition coefficient (Wildman–Crippen LogP) is 4.88. The van der Waals surface area contributed by atoms with Gasteiger partial charge in [0.05, 0.1) is 16.7 Å². The second kappa shape index (κ2) is 8.09. The van der Waals surface area contributed by atoms with Crippen molar-refractivity contribution in [1.29, 1.82) is 0 Å². The van der Waals surface area contributed by atoms with Crippen LogP contribution in [0.2, 0.25) is 0 Å². The van der Waals surface area contributed by atoms with E-state index in [9.17, 15) is 9.18 Å². The maximum Gasteiger partial charge on any atom is 0.260 e. The summed E-state index contributed by atoms with van der Waals surface area (Å²) in [5.41, 5.74) is 2.11. The highest BCUT2D eigenvalue weighted by Gasteiger charge is 2.16. The standard InChI is InChI=1S/C22H16FN5OS2/c1-28-19(14-9-5-6-10-16(14)23)26-27-22(28)31-12-17-24-20(29)18-15(11-30-21(18)25-17)13-7-3-2-4-8-13/h2-11H,12H2,1H3,(H,24,25,29). The Morgan fingerprint density at radius 2 is 1.84 bits per heavy atom. The van der Waals surface area contributed by atoms with Gasteiger partial charge in [0.15, 0.2) is 11.0 Å². The molecule has 0 saturated heterocycles. The van der Waals surface area contributed by atoms with E-state index >= 15 is 0 Å². The molecule has 0 aliphatic heterocycles. The van der Waals surface area contributed by atoms with Crippen molar-refractivity contribution in [1.82, 2.24) is 24.7 Å². The third-order valence-corrected chi connectivity index (χ3v) is 6.77. The monoisotopic (exact) mass is 449 g/mol. The van der Waals surface area contributed by atoms with Crippen molar-refractivity contribution in [2.24, 2.45) is 7.05 Å². The Morgan fingerprint density at radius 3 is 2.65 bits per heavy atom. The van der Waals surface area contributed by atoms with Crippen molar-refractivity contribution < 1.29 is 4.39 Å². The van der Waals surface area contributed by atoms with Gasteiger partial charge in [0.25, 0.3) is 5.56 Å². The molecule has 0 fully saturated rings. The average Bonchev–Trinajstić information content (AvgIpc) is 3.37. The number of thioether (sulfide) groups is 1. The van der Waals surface area contributed by atoms with E-state index in [1.165, 1.54) is 29.2 Å². The first-order valence-electron chi connectivity index (χ1n) is 9.44. The van der Waals surface area contributed by atoms with Crippen LogP contribution in [0.15, 0.2) is 69.9 Å². The minimum atomic E-state index is -0.349. The number of aromatic nitrogens is 5. The van der Waals surface area contributed by atoms with Gasteiger partial charge < -0.3 is 9.55 Å². The smallest absolute Gasteiger partial charge is 0.260 e. The van der Waals surface area contributed by atoms with Gasteiger partial charge in [0.2, 0.25) is 0 Å². The number of nitrogens with zero attached hydrogens (tertiary/aromatic N) is 4. The maximum atomic E-state index is 14.1. The highest BCUT2D eigenvalue weighted by Crippen LogP contribution is 2.31. The van der Waals surface area contributed by atoms with E-state index in [0.29, 0.717) is 38.3 Å². The molecule has 0 unspecified atom stereocenters. The first kappa shape index (κ1) is 19.7. The molecule has 0 aliphatic carbocycles. The first-order chi connectivity index (χ1) is 15.1. The van der Waals surface area contributed by atoms with Crippen molar-refractivity contribution >= 4 is 33.3 Å². The second-order valence-electron chi connectivity index (χ2n) is 6.84. The number of rotatable bonds is 5. The molecule has 31 heavy (non-hydrogen) atoms. The van der Waals surface area contributed by atoms with Crippen molar-refractivity contribution in [2.45, 2.75) is 10.9 Å². The van der Waals surface area contributed by atoms with Crippen LogP contribution in [0, 0.1) is 5.82 Å². The molecule has 2 aromatic carbocycles. The molecule has 5 aromatic rings. The molecule has 154 valence electrons. The first-order valence-corrected chi connectivity index (χ1v) is 11.3. The fourth-order valence-electron chi connectivity index (χ4n) is 3.34. The predicted molar refractivity (Wildman–Crippen MR) is 122 cm³/mol. The topological polar surface area (TPSA) is 76.5 Å². The van der Waals surface area contributed by atoms with Crippen molar-refractivity contribution in [3.8, 4) is 22.5 Å². The van der Waals surface area contributed by atoms with Gasteiger partial charge in [-0.3, -0.25) is 4.79 Å². The summed E-state index contributed by atoms with van der Waals surface area (Å²) >= 11 is 2.83. The normalized spacial score (nSPS) is 11.3. The van der Waals surface area contributed by atoms with Gasteiger partial charge in [0.1, 0.15) is 16.5 Å². The number of halogens is 1. The van der Waals surface area contributed by atoms with Gasteiger partial charge in [0, 0.05) is 18.0 Å². The lowest BCUT2D eigenvalue weighted by Gasteiger charge is -2.05. The van der Waals surface area contributed by atoms with Gasteiger partial charge >= 0.3 is 0 Å². The van der Waals surface area contributed by atoms with Crippen LogP contribution >= 0.6 is 23.1 Å². The summed E-state index contributed by atoms with van der Waals surface area (Å²) in [6.07, 6.45) is 0. The summed E-state index contributed by atoms with van der Waals surface area (Å²) < 4.78 is 15.8. The Hall–Kier alpha value is -3.30. The molecule has 0 amide bonds. The van der Waals surface area contributed by atoms with E-state index < -0.39 is 0 Å². The summed E-state index contributed by atoms with van der Waals surface area (Å²) in [5, 5.41) is 11.5. The molecular weight excluding hydrogens is 433 g/mol. The van der Waals surface area contributed by atoms with Crippen LogP contribution in [0.4, 0.5) is 4.39 Å². The molecule has 0 radical (unpaired) electrons. The van der Waals surface area contributed by atoms with E-state index in [1.54, 1.807) is 29.8 Å². The second-order valence-corrected chi connectivity index (χ2v) is 8.64. The molecular formula is C22H16FN5OS2. The summed E-state index contributed by atoms with van der Waals surface area (Å²) in [5.74, 6) is 1.06. The zero-order valence-electron chi connectivity index (χ0n) is 16.4. The van der Waals surface area contributed by atoms with Crippen LogP contribution in [0.5, 0.6) is 0 Å². The van der Waals surface area contributed by atoms with Crippen LogP contribution in [-0.2, 0) is 12.8 Å². The SMILES string of the molecule is Cn1c(SCc2nc3scc(-c4ccccc4)c3c(=O)[nH]2)nnc1-c1ccccc1F. The number of H-pyrrole nitrogens is 1. The molecule has 0 spiro atoms. The molecule has 0 aliphatic rings. The van der Waals surface area contributed by atoms with Gasteiger partial charge in [-0.1, -0.05) is 54.2 Å². The molecule has 3 aromatic heterocycles. The molecule has 0 atom stereocenters. The highest BCUT2D eigenvalue weighted by atomic mass is 32.2. The van der Waals surface area contributed by atoms with Gasteiger partial charge in [-0.2, -0.15) is 0 Å². The maximum absolute atomic E-state index is 14.1. The van der Waals surface area contributed by atoms with Crippen LogP contribution in [0.25, 0.3) is 32.7 Å². The molecule has 0 saturated carbocycles. The number of hydrogen-bond donors (Lipinski definition) is 1. The fraction of sp³-hybridized carbons (Fsp3) is 0.0909. The Bertz CT molecular complexity index is 1440. The molecule has 0 bridgehead atoms. The molecule has 6 nitrogen and oxygen atoms in total. The zero-order valence-corrected chi connectivity index (χ0v) is 18.0. The highest BCUT2D eigenvalue weighted by molar-refractivity contribution is 7.98. The quantitative estimate of drug-likeness (QED) is 0.387. The number of aromatic amines is 1. The summed E-state index contributed by atoms with van der Waals surface area (Å²) in [7, 11) is 1.79. The molecule has 9 heteroatoms. The molecule has 5 rings (SSSR count). The van der Waals surface area contributed by atoms with Crippen LogP contribution < -0.4 is 5.56 Å². The minimum absolute atomic E-state index is 0.161. The van der Waals surface area contributed by atoms with E-state index in [1.807, 2.05) is 35.7 Å².